The summed E-state index contributed by atoms with van der Waals surface area (Å²) in [4.78, 5) is 16.5. The van der Waals surface area contributed by atoms with E-state index in [9.17, 15) is 9.18 Å². The Kier molecular flexibility index (Phi) is 7.77. The number of anilines is 3. The predicted octanol–water partition coefficient (Wildman–Crippen LogP) is 4.08. The number of nitriles is 1. The van der Waals surface area contributed by atoms with E-state index >= 15 is 0 Å². The molecule has 7 nitrogen and oxygen atoms in total. The lowest BCUT2D eigenvalue weighted by Gasteiger charge is -2.10. The molecule has 0 unspecified atom stereocenters. The third kappa shape index (κ3) is 6.72. The van der Waals surface area contributed by atoms with Crippen LogP contribution in [0.2, 0.25) is 0 Å². The van der Waals surface area contributed by atoms with Crippen LogP contribution in [0.25, 0.3) is 0 Å². The molecule has 1 heterocycles. The molecule has 3 aromatic rings. The zero-order valence-corrected chi connectivity index (χ0v) is 16.8. The van der Waals surface area contributed by atoms with Crippen LogP contribution in [0.1, 0.15) is 15.9 Å². The summed E-state index contributed by atoms with van der Waals surface area (Å²) in [6.07, 6.45) is 1.53. The standard InChI is InChI=1S/C23H22FN5O2/c24-11-14-31-21-8-2-18(3-9-21)23(30)29-20-6-4-19(5-7-20)26-12-13-27-22-10-1-17(15-25)16-28-22/h1-10,16,26H,11-14H2,(H,27,28)(H,29,30). The Hall–Kier alpha value is -4.12. The molecule has 8 heteroatoms. The number of alkyl halides is 1. The fraction of sp³-hybridized carbons (Fsp3) is 0.174. The van der Waals surface area contributed by atoms with Gasteiger partial charge in [-0.05, 0) is 60.7 Å². The number of ether oxygens (including phenoxy) is 1. The van der Waals surface area contributed by atoms with Gasteiger partial charge in [0.2, 0.25) is 0 Å². The Bertz CT molecular complexity index is 1020. The summed E-state index contributed by atoms with van der Waals surface area (Å²) in [6.45, 7) is 0.763. The molecule has 0 bridgehead atoms. The molecule has 0 aliphatic rings. The van der Waals surface area contributed by atoms with Gasteiger partial charge < -0.3 is 20.7 Å². The van der Waals surface area contributed by atoms with Gasteiger partial charge in [0.05, 0.1) is 5.56 Å². The van der Waals surface area contributed by atoms with E-state index in [1.54, 1.807) is 36.4 Å². The summed E-state index contributed by atoms with van der Waals surface area (Å²) in [5.41, 5.74) is 2.60. The minimum Gasteiger partial charge on any atom is -0.491 e. The molecule has 0 spiro atoms. The van der Waals surface area contributed by atoms with Gasteiger partial charge in [0.15, 0.2) is 0 Å². The van der Waals surface area contributed by atoms with Crippen molar-refractivity contribution in [2.24, 2.45) is 0 Å². The third-order valence-corrected chi connectivity index (χ3v) is 4.26. The second-order valence-electron chi connectivity index (χ2n) is 6.49. The molecule has 0 aliphatic heterocycles. The maximum atomic E-state index is 12.4. The lowest BCUT2D eigenvalue weighted by Crippen LogP contribution is -2.14. The number of carbonyl (C=O) groups excluding carboxylic acids is 1. The molecule has 0 aliphatic carbocycles. The first-order valence-electron chi connectivity index (χ1n) is 9.72. The number of hydrogen-bond donors (Lipinski definition) is 3. The summed E-state index contributed by atoms with van der Waals surface area (Å²) < 4.78 is 17.3. The van der Waals surface area contributed by atoms with Gasteiger partial charge in [0, 0.05) is 36.2 Å². The van der Waals surface area contributed by atoms with Crippen LogP contribution in [0.3, 0.4) is 0 Å². The van der Waals surface area contributed by atoms with E-state index in [-0.39, 0.29) is 12.5 Å². The molecule has 3 N–H and O–H groups in total. The highest BCUT2D eigenvalue weighted by Gasteiger charge is 2.06. The number of pyridine rings is 1. The van der Waals surface area contributed by atoms with Crippen molar-refractivity contribution in [2.45, 2.75) is 0 Å². The molecule has 31 heavy (non-hydrogen) atoms. The van der Waals surface area contributed by atoms with Gasteiger partial charge in [-0.15, -0.1) is 0 Å². The second kappa shape index (κ2) is 11.2. The number of nitrogens with zero attached hydrogens (tertiary/aromatic N) is 2. The average molecular weight is 419 g/mol. The van der Waals surface area contributed by atoms with Crippen molar-refractivity contribution >= 4 is 23.1 Å². The minimum absolute atomic E-state index is 0.00564. The van der Waals surface area contributed by atoms with E-state index in [0.717, 1.165) is 5.69 Å². The molecule has 0 saturated carbocycles. The summed E-state index contributed by atoms with van der Waals surface area (Å²) >= 11 is 0. The second-order valence-corrected chi connectivity index (χ2v) is 6.49. The highest BCUT2D eigenvalue weighted by molar-refractivity contribution is 6.04. The molecule has 2 aromatic carbocycles. The molecule has 1 amide bonds. The SMILES string of the molecule is N#Cc1ccc(NCCNc2ccc(NC(=O)c3ccc(OCCF)cc3)cc2)nc1. The first-order chi connectivity index (χ1) is 15.2. The molecule has 0 radical (unpaired) electrons. The summed E-state index contributed by atoms with van der Waals surface area (Å²) in [5, 5.41) is 18.1. The van der Waals surface area contributed by atoms with Crippen LogP contribution >= 0.6 is 0 Å². The van der Waals surface area contributed by atoms with Crippen LogP contribution < -0.4 is 20.7 Å². The van der Waals surface area contributed by atoms with E-state index in [4.69, 9.17) is 10.00 Å². The molecular formula is C23H22FN5O2. The molecule has 3 rings (SSSR count). The molecule has 1 aromatic heterocycles. The van der Waals surface area contributed by atoms with Gasteiger partial charge >= 0.3 is 0 Å². The maximum absolute atomic E-state index is 12.4. The Morgan fingerprint density at radius 3 is 2.32 bits per heavy atom. The lowest BCUT2D eigenvalue weighted by atomic mass is 10.2. The molecular weight excluding hydrogens is 397 g/mol. The topological polar surface area (TPSA) is 99.1 Å². The van der Waals surface area contributed by atoms with Crippen molar-refractivity contribution in [3.63, 3.8) is 0 Å². The molecule has 0 atom stereocenters. The van der Waals surface area contributed by atoms with E-state index in [1.807, 2.05) is 30.3 Å². The largest absolute Gasteiger partial charge is 0.491 e. The maximum Gasteiger partial charge on any atom is 0.255 e. The quantitative estimate of drug-likeness (QED) is 0.428. The number of nitrogens with one attached hydrogen (secondary N) is 3. The van der Waals surface area contributed by atoms with Gasteiger partial charge in [-0.25, -0.2) is 9.37 Å². The van der Waals surface area contributed by atoms with Crippen LogP contribution in [0, 0.1) is 11.3 Å². The number of aromatic nitrogens is 1. The zero-order valence-electron chi connectivity index (χ0n) is 16.8. The summed E-state index contributed by atoms with van der Waals surface area (Å²) in [7, 11) is 0. The highest BCUT2D eigenvalue weighted by atomic mass is 19.1. The highest BCUT2D eigenvalue weighted by Crippen LogP contribution is 2.16. The number of hydrogen-bond acceptors (Lipinski definition) is 6. The monoisotopic (exact) mass is 419 g/mol. The van der Waals surface area contributed by atoms with E-state index in [1.165, 1.54) is 6.20 Å². The van der Waals surface area contributed by atoms with Crippen molar-refractivity contribution < 1.29 is 13.9 Å². The Labute approximate surface area is 179 Å². The van der Waals surface area contributed by atoms with Gasteiger partial charge in [0.1, 0.15) is 30.9 Å². The van der Waals surface area contributed by atoms with Crippen LogP contribution in [0.5, 0.6) is 5.75 Å². The Morgan fingerprint density at radius 1 is 0.968 bits per heavy atom. The van der Waals surface area contributed by atoms with E-state index < -0.39 is 6.67 Å². The van der Waals surface area contributed by atoms with Crippen LogP contribution in [0.15, 0.2) is 66.9 Å². The fourth-order valence-corrected chi connectivity index (χ4v) is 2.70. The van der Waals surface area contributed by atoms with Crippen molar-refractivity contribution in [1.82, 2.24) is 4.98 Å². The number of halogens is 1. The predicted molar refractivity (Wildman–Crippen MR) is 118 cm³/mol. The Balaban J connectivity index is 1.43. The third-order valence-electron chi connectivity index (χ3n) is 4.26. The smallest absolute Gasteiger partial charge is 0.255 e. The average Bonchev–Trinajstić information content (AvgIpc) is 2.82. The van der Waals surface area contributed by atoms with Gasteiger partial charge in [-0.1, -0.05) is 0 Å². The summed E-state index contributed by atoms with van der Waals surface area (Å²) in [6, 6.07) is 19.4. The molecule has 0 saturated heterocycles. The van der Waals surface area contributed by atoms with Gasteiger partial charge in [0.25, 0.3) is 5.91 Å². The van der Waals surface area contributed by atoms with Gasteiger partial charge in [-0.2, -0.15) is 5.26 Å². The number of benzene rings is 2. The van der Waals surface area contributed by atoms with Crippen molar-refractivity contribution in [2.75, 3.05) is 42.3 Å². The normalized spacial score (nSPS) is 10.1. The van der Waals surface area contributed by atoms with Gasteiger partial charge in [-0.3, -0.25) is 4.79 Å². The first-order valence-corrected chi connectivity index (χ1v) is 9.72. The van der Waals surface area contributed by atoms with Crippen LogP contribution in [-0.4, -0.2) is 37.3 Å². The number of amides is 1. The first kappa shape index (κ1) is 21.6. The zero-order chi connectivity index (χ0) is 21.9. The fourth-order valence-electron chi connectivity index (χ4n) is 2.70. The van der Waals surface area contributed by atoms with Crippen molar-refractivity contribution in [3.05, 3.63) is 78.0 Å². The van der Waals surface area contributed by atoms with Crippen molar-refractivity contribution in [1.29, 1.82) is 5.26 Å². The van der Waals surface area contributed by atoms with Crippen LogP contribution in [0.4, 0.5) is 21.6 Å². The van der Waals surface area contributed by atoms with E-state index in [0.29, 0.717) is 41.5 Å². The molecule has 158 valence electrons. The summed E-state index contributed by atoms with van der Waals surface area (Å²) in [5.74, 6) is 0.992. The minimum atomic E-state index is -0.558. The van der Waals surface area contributed by atoms with E-state index in [2.05, 4.69) is 20.9 Å². The lowest BCUT2D eigenvalue weighted by molar-refractivity contribution is 0.102. The number of rotatable bonds is 10. The number of carbonyl (C=O) groups is 1. The van der Waals surface area contributed by atoms with Crippen molar-refractivity contribution in [3.8, 4) is 11.8 Å². The van der Waals surface area contributed by atoms with Crippen LogP contribution in [-0.2, 0) is 0 Å². The molecule has 0 fully saturated rings. The Morgan fingerprint density at radius 2 is 1.68 bits per heavy atom.